The van der Waals surface area contributed by atoms with Gasteiger partial charge in [0.2, 0.25) is 0 Å². The molecule has 1 aromatic rings. The SMILES string of the molecule is CC(C)N(Cc1cccc(F)c1)CC1CCNCC1.Cl. The number of hydrogen-bond acceptors (Lipinski definition) is 2. The number of nitrogens with one attached hydrogen (secondary N) is 1. The number of benzene rings is 1. The maximum atomic E-state index is 13.3. The van der Waals surface area contributed by atoms with Crippen LogP contribution in [0.1, 0.15) is 32.3 Å². The van der Waals surface area contributed by atoms with E-state index in [1.54, 1.807) is 12.1 Å². The molecule has 1 aromatic carbocycles. The lowest BCUT2D eigenvalue weighted by Gasteiger charge is -2.32. The van der Waals surface area contributed by atoms with Crippen LogP contribution in [0.4, 0.5) is 4.39 Å². The van der Waals surface area contributed by atoms with E-state index in [-0.39, 0.29) is 18.2 Å². The van der Waals surface area contributed by atoms with Crippen LogP contribution in [-0.4, -0.2) is 30.6 Å². The Morgan fingerprint density at radius 3 is 2.60 bits per heavy atom. The van der Waals surface area contributed by atoms with Crippen LogP contribution in [0.3, 0.4) is 0 Å². The number of rotatable bonds is 5. The minimum absolute atomic E-state index is 0. The van der Waals surface area contributed by atoms with Gasteiger partial charge in [0.1, 0.15) is 5.82 Å². The minimum Gasteiger partial charge on any atom is -0.317 e. The maximum Gasteiger partial charge on any atom is 0.123 e. The van der Waals surface area contributed by atoms with E-state index in [9.17, 15) is 4.39 Å². The van der Waals surface area contributed by atoms with Crippen molar-refractivity contribution in [2.45, 2.75) is 39.3 Å². The predicted molar refractivity (Wildman–Crippen MR) is 84.8 cm³/mol. The Morgan fingerprint density at radius 2 is 2.00 bits per heavy atom. The molecular weight excluding hydrogens is 275 g/mol. The molecule has 1 fully saturated rings. The van der Waals surface area contributed by atoms with E-state index >= 15 is 0 Å². The molecule has 4 heteroatoms. The number of piperidine rings is 1. The first-order valence-corrected chi connectivity index (χ1v) is 7.34. The first-order valence-electron chi connectivity index (χ1n) is 7.34. The van der Waals surface area contributed by atoms with Gasteiger partial charge in [0.05, 0.1) is 0 Å². The molecule has 0 unspecified atom stereocenters. The van der Waals surface area contributed by atoms with Gasteiger partial charge in [-0.1, -0.05) is 12.1 Å². The lowest BCUT2D eigenvalue weighted by molar-refractivity contribution is 0.161. The first kappa shape index (κ1) is 17.4. The lowest BCUT2D eigenvalue weighted by atomic mass is 9.96. The van der Waals surface area contributed by atoms with Crippen molar-refractivity contribution >= 4 is 12.4 Å². The van der Waals surface area contributed by atoms with Crippen LogP contribution in [0.2, 0.25) is 0 Å². The summed E-state index contributed by atoms with van der Waals surface area (Å²) >= 11 is 0. The molecule has 0 saturated carbocycles. The highest BCUT2D eigenvalue weighted by molar-refractivity contribution is 5.85. The fourth-order valence-electron chi connectivity index (χ4n) is 2.72. The molecule has 2 rings (SSSR count). The standard InChI is InChI=1S/C16H25FN2.ClH/c1-13(2)19(11-14-6-8-18-9-7-14)12-15-4-3-5-16(17)10-15;/h3-5,10,13-14,18H,6-9,11-12H2,1-2H3;1H. The van der Waals surface area contributed by atoms with E-state index in [0.717, 1.165) is 37.7 Å². The summed E-state index contributed by atoms with van der Waals surface area (Å²) in [6, 6.07) is 7.47. The maximum absolute atomic E-state index is 13.3. The molecule has 1 aliphatic rings. The highest BCUT2D eigenvalue weighted by atomic mass is 35.5. The summed E-state index contributed by atoms with van der Waals surface area (Å²) in [7, 11) is 0. The van der Waals surface area contributed by atoms with Gasteiger partial charge in [0.25, 0.3) is 0 Å². The molecule has 0 amide bonds. The van der Waals surface area contributed by atoms with E-state index in [1.807, 2.05) is 6.07 Å². The third-order valence-electron chi connectivity index (χ3n) is 3.96. The predicted octanol–water partition coefficient (Wildman–Crippen LogP) is 3.46. The van der Waals surface area contributed by atoms with Crippen molar-refractivity contribution < 1.29 is 4.39 Å². The fourth-order valence-corrected chi connectivity index (χ4v) is 2.72. The van der Waals surface area contributed by atoms with Crippen LogP contribution in [0.15, 0.2) is 24.3 Å². The van der Waals surface area contributed by atoms with Crippen molar-refractivity contribution in [1.82, 2.24) is 10.2 Å². The second-order valence-corrected chi connectivity index (χ2v) is 5.85. The Balaban J connectivity index is 0.00000200. The zero-order valence-electron chi connectivity index (χ0n) is 12.4. The van der Waals surface area contributed by atoms with Crippen molar-refractivity contribution in [2.24, 2.45) is 5.92 Å². The number of hydrogen-bond donors (Lipinski definition) is 1. The van der Waals surface area contributed by atoms with Crippen LogP contribution in [0.25, 0.3) is 0 Å². The molecule has 1 N–H and O–H groups in total. The molecule has 114 valence electrons. The molecule has 0 atom stereocenters. The molecule has 0 radical (unpaired) electrons. The third kappa shape index (κ3) is 5.39. The van der Waals surface area contributed by atoms with Gasteiger partial charge in [0.15, 0.2) is 0 Å². The fraction of sp³-hybridized carbons (Fsp3) is 0.625. The summed E-state index contributed by atoms with van der Waals surface area (Å²) in [5, 5.41) is 3.41. The molecule has 0 bridgehead atoms. The Bertz CT molecular complexity index is 392. The van der Waals surface area contributed by atoms with Crippen molar-refractivity contribution in [3.63, 3.8) is 0 Å². The molecular formula is C16H26ClFN2. The highest BCUT2D eigenvalue weighted by Crippen LogP contribution is 2.17. The van der Waals surface area contributed by atoms with Gasteiger partial charge in [-0.3, -0.25) is 4.90 Å². The van der Waals surface area contributed by atoms with Crippen LogP contribution in [-0.2, 0) is 6.54 Å². The molecule has 20 heavy (non-hydrogen) atoms. The quantitative estimate of drug-likeness (QED) is 0.896. The van der Waals surface area contributed by atoms with Crippen LogP contribution in [0, 0.1) is 11.7 Å². The van der Waals surface area contributed by atoms with E-state index in [0.29, 0.717) is 6.04 Å². The van der Waals surface area contributed by atoms with Gasteiger partial charge in [-0.25, -0.2) is 4.39 Å². The molecule has 0 spiro atoms. The van der Waals surface area contributed by atoms with Gasteiger partial charge in [0, 0.05) is 19.1 Å². The third-order valence-corrected chi connectivity index (χ3v) is 3.96. The summed E-state index contributed by atoms with van der Waals surface area (Å²) in [5.41, 5.74) is 1.07. The molecule has 1 saturated heterocycles. The number of nitrogens with zero attached hydrogens (tertiary/aromatic N) is 1. The zero-order valence-corrected chi connectivity index (χ0v) is 13.3. The smallest absolute Gasteiger partial charge is 0.123 e. The Morgan fingerprint density at radius 1 is 1.30 bits per heavy atom. The second-order valence-electron chi connectivity index (χ2n) is 5.85. The van der Waals surface area contributed by atoms with Crippen molar-refractivity contribution in [1.29, 1.82) is 0 Å². The van der Waals surface area contributed by atoms with Crippen LogP contribution >= 0.6 is 12.4 Å². The van der Waals surface area contributed by atoms with Crippen molar-refractivity contribution in [3.05, 3.63) is 35.6 Å². The second kappa shape index (κ2) is 8.60. The molecule has 0 aliphatic carbocycles. The average Bonchev–Trinajstić information content (AvgIpc) is 2.39. The van der Waals surface area contributed by atoms with E-state index in [1.165, 1.54) is 18.9 Å². The zero-order chi connectivity index (χ0) is 13.7. The van der Waals surface area contributed by atoms with Crippen LogP contribution in [0.5, 0.6) is 0 Å². The summed E-state index contributed by atoms with van der Waals surface area (Å²) in [6.07, 6.45) is 2.51. The monoisotopic (exact) mass is 300 g/mol. The lowest BCUT2D eigenvalue weighted by Crippen LogP contribution is -2.39. The Hall–Kier alpha value is -0.640. The van der Waals surface area contributed by atoms with Crippen LogP contribution < -0.4 is 5.32 Å². The molecule has 2 nitrogen and oxygen atoms in total. The number of halogens is 2. The summed E-state index contributed by atoms with van der Waals surface area (Å²) in [5.74, 6) is 0.639. The molecule has 0 aromatic heterocycles. The topological polar surface area (TPSA) is 15.3 Å². The van der Waals surface area contributed by atoms with Gasteiger partial charge in [-0.2, -0.15) is 0 Å². The van der Waals surface area contributed by atoms with E-state index in [4.69, 9.17) is 0 Å². The summed E-state index contributed by atoms with van der Waals surface area (Å²) in [6.45, 7) is 8.68. The van der Waals surface area contributed by atoms with Gasteiger partial charge >= 0.3 is 0 Å². The normalized spacial score (nSPS) is 16.4. The Labute approximate surface area is 128 Å². The summed E-state index contributed by atoms with van der Waals surface area (Å²) in [4.78, 5) is 2.46. The van der Waals surface area contributed by atoms with Gasteiger partial charge < -0.3 is 5.32 Å². The molecule has 1 heterocycles. The minimum atomic E-state index is -0.136. The van der Waals surface area contributed by atoms with Crippen molar-refractivity contribution in [3.8, 4) is 0 Å². The van der Waals surface area contributed by atoms with E-state index < -0.39 is 0 Å². The van der Waals surface area contributed by atoms with E-state index in [2.05, 4.69) is 24.1 Å². The van der Waals surface area contributed by atoms with Crippen molar-refractivity contribution in [2.75, 3.05) is 19.6 Å². The Kier molecular flexibility index (Phi) is 7.49. The molecule has 1 aliphatic heterocycles. The van der Waals surface area contributed by atoms with Gasteiger partial charge in [-0.05, 0) is 63.4 Å². The summed E-state index contributed by atoms with van der Waals surface area (Å²) < 4.78 is 13.3. The largest absolute Gasteiger partial charge is 0.317 e. The van der Waals surface area contributed by atoms with Gasteiger partial charge in [-0.15, -0.1) is 12.4 Å². The first-order chi connectivity index (χ1) is 9.15. The highest BCUT2D eigenvalue weighted by Gasteiger charge is 2.19. The average molecular weight is 301 g/mol.